The van der Waals surface area contributed by atoms with Crippen molar-refractivity contribution in [2.45, 2.75) is 25.3 Å². The third kappa shape index (κ3) is 2.21. The molecule has 13 heavy (non-hydrogen) atoms. The van der Waals surface area contributed by atoms with Gasteiger partial charge in [-0.15, -0.1) is 0 Å². The first-order chi connectivity index (χ1) is 6.16. The van der Waals surface area contributed by atoms with E-state index in [1.165, 1.54) is 0 Å². The number of amidine groups is 1. The fourth-order valence-corrected chi connectivity index (χ4v) is 3.48. The van der Waals surface area contributed by atoms with Crippen molar-refractivity contribution in [2.24, 2.45) is 4.99 Å². The molecule has 0 saturated carbocycles. The number of nitrogens with one attached hydrogen (secondary N) is 1. The molecule has 2 heterocycles. The van der Waals surface area contributed by atoms with E-state index < -0.39 is 9.84 Å². The van der Waals surface area contributed by atoms with Crippen LogP contribution in [0.4, 0.5) is 0 Å². The van der Waals surface area contributed by atoms with Gasteiger partial charge in [-0.05, 0) is 12.8 Å². The maximum absolute atomic E-state index is 11.1. The highest BCUT2D eigenvalue weighted by atomic mass is 32.2. The van der Waals surface area contributed by atoms with Crippen LogP contribution < -0.4 is 5.32 Å². The van der Waals surface area contributed by atoms with Crippen molar-refractivity contribution >= 4 is 15.7 Å². The van der Waals surface area contributed by atoms with Crippen LogP contribution in [0.2, 0.25) is 0 Å². The summed E-state index contributed by atoms with van der Waals surface area (Å²) in [7, 11) is -2.75. The zero-order chi connectivity index (χ0) is 9.31. The molecule has 0 radical (unpaired) electrons. The Hall–Kier alpha value is -0.580. The van der Waals surface area contributed by atoms with E-state index in [0.29, 0.717) is 5.75 Å². The Labute approximate surface area is 78.4 Å². The van der Waals surface area contributed by atoms with E-state index in [1.807, 2.05) is 0 Å². The van der Waals surface area contributed by atoms with Crippen molar-refractivity contribution in [3.63, 3.8) is 0 Å². The number of rotatable bonds is 1. The average molecular weight is 202 g/mol. The molecule has 0 aromatic rings. The van der Waals surface area contributed by atoms with Gasteiger partial charge in [-0.1, -0.05) is 0 Å². The maximum atomic E-state index is 11.1. The lowest BCUT2D eigenvalue weighted by molar-refractivity contribution is 0.600. The summed E-state index contributed by atoms with van der Waals surface area (Å²) in [6.07, 6.45) is 2.82. The Kier molecular flexibility index (Phi) is 2.27. The van der Waals surface area contributed by atoms with E-state index in [0.717, 1.165) is 31.6 Å². The summed E-state index contributed by atoms with van der Waals surface area (Å²) in [4.78, 5) is 4.26. The predicted octanol–water partition coefficient (Wildman–Crippen LogP) is -0.0446. The normalized spacial score (nSPS) is 31.7. The van der Waals surface area contributed by atoms with Crippen molar-refractivity contribution in [2.75, 3.05) is 18.1 Å². The van der Waals surface area contributed by atoms with E-state index in [4.69, 9.17) is 0 Å². The third-order valence-corrected chi connectivity index (χ3v) is 4.25. The molecule has 2 rings (SSSR count). The highest BCUT2D eigenvalue weighted by Gasteiger charge is 2.28. The van der Waals surface area contributed by atoms with Gasteiger partial charge in [-0.25, -0.2) is 8.42 Å². The average Bonchev–Trinajstić information content (AvgIpc) is 2.61. The van der Waals surface area contributed by atoms with Crippen LogP contribution in [0.3, 0.4) is 0 Å². The predicted molar refractivity (Wildman–Crippen MR) is 51.7 cm³/mol. The minimum atomic E-state index is -2.75. The molecular weight excluding hydrogens is 188 g/mol. The van der Waals surface area contributed by atoms with Crippen molar-refractivity contribution in [3.05, 3.63) is 0 Å². The monoisotopic (exact) mass is 202 g/mol. The number of nitrogens with zero attached hydrogens (tertiary/aromatic N) is 1. The van der Waals surface area contributed by atoms with Gasteiger partial charge in [0.1, 0.15) is 0 Å². The topological polar surface area (TPSA) is 58.5 Å². The summed E-state index contributed by atoms with van der Waals surface area (Å²) >= 11 is 0. The highest BCUT2D eigenvalue weighted by molar-refractivity contribution is 7.91. The summed E-state index contributed by atoms with van der Waals surface area (Å²) in [5, 5.41) is 3.20. The van der Waals surface area contributed by atoms with Crippen LogP contribution in [0, 0.1) is 0 Å². The smallest absolute Gasteiger partial charge is 0.152 e. The Balaban J connectivity index is 1.90. The van der Waals surface area contributed by atoms with E-state index in [-0.39, 0.29) is 11.8 Å². The molecule has 0 bridgehead atoms. The molecule has 0 amide bonds. The minimum absolute atomic E-state index is 0.113. The first-order valence-corrected chi connectivity index (χ1v) is 6.48. The highest BCUT2D eigenvalue weighted by Crippen LogP contribution is 2.12. The molecule has 0 aromatic carbocycles. The van der Waals surface area contributed by atoms with Gasteiger partial charge in [0.15, 0.2) is 9.84 Å². The molecule has 2 aliphatic rings. The van der Waals surface area contributed by atoms with Crippen LogP contribution in [-0.2, 0) is 9.84 Å². The Morgan fingerprint density at radius 2 is 2.31 bits per heavy atom. The third-order valence-electron chi connectivity index (χ3n) is 2.48. The summed E-state index contributed by atoms with van der Waals surface area (Å²) < 4.78 is 22.3. The molecule has 0 aromatic heterocycles. The van der Waals surface area contributed by atoms with Crippen molar-refractivity contribution in [3.8, 4) is 0 Å². The fourth-order valence-electron chi connectivity index (χ4n) is 1.80. The molecule has 1 unspecified atom stereocenters. The molecule has 0 spiro atoms. The molecule has 1 saturated heterocycles. The first-order valence-electron chi connectivity index (χ1n) is 4.66. The molecule has 74 valence electrons. The first kappa shape index (κ1) is 8.99. The van der Waals surface area contributed by atoms with Crippen LogP contribution in [0.1, 0.15) is 19.3 Å². The van der Waals surface area contributed by atoms with Crippen molar-refractivity contribution in [1.82, 2.24) is 5.32 Å². The van der Waals surface area contributed by atoms with Crippen LogP contribution in [-0.4, -0.2) is 38.3 Å². The van der Waals surface area contributed by atoms with Gasteiger partial charge in [0.25, 0.3) is 0 Å². The van der Waals surface area contributed by atoms with Gasteiger partial charge in [-0.3, -0.25) is 4.99 Å². The molecule has 1 fully saturated rings. The van der Waals surface area contributed by atoms with Gasteiger partial charge in [0.2, 0.25) is 0 Å². The van der Waals surface area contributed by atoms with E-state index >= 15 is 0 Å². The Morgan fingerprint density at radius 3 is 2.85 bits per heavy atom. The lowest BCUT2D eigenvalue weighted by Crippen LogP contribution is -2.34. The van der Waals surface area contributed by atoms with E-state index in [9.17, 15) is 8.42 Å². The number of hydrogen-bond acceptors (Lipinski definition) is 4. The molecule has 5 heteroatoms. The lowest BCUT2D eigenvalue weighted by Gasteiger charge is -2.11. The zero-order valence-corrected chi connectivity index (χ0v) is 8.31. The Bertz CT molecular complexity index is 321. The minimum Gasteiger partial charge on any atom is -0.370 e. The van der Waals surface area contributed by atoms with E-state index in [1.54, 1.807) is 0 Å². The quantitative estimate of drug-likeness (QED) is 0.649. The molecule has 0 aliphatic carbocycles. The summed E-state index contributed by atoms with van der Waals surface area (Å²) in [5.41, 5.74) is 0. The lowest BCUT2D eigenvalue weighted by atomic mass is 10.2. The molecule has 4 nitrogen and oxygen atoms in total. The van der Waals surface area contributed by atoms with Gasteiger partial charge in [0, 0.05) is 19.0 Å². The van der Waals surface area contributed by atoms with Crippen molar-refractivity contribution < 1.29 is 8.42 Å². The van der Waals surface area contributed by atoms with E-state index in [2.05, 4.69) is 10.3 Å². The van der Waals surface area contributed by atoms with Gasteiger partial charge in [-0.2, -0.15) is 0 Å². The van der Waals surface area contributed by atoms with Crippen LogP contribution >= 0.6 is 0 Å². The molecule has 1 N–H and O–H groups in total. The summed E-state index contributed by atoms with van der Waals surface area (Å²) in [6.45, 7) is 0.891. The number of aliphatic imine (C=N–C) groups is 1. The van der Waals surface area contributed by atoms with Crippen molar-refractivity contribution in [1.29, 1.82) is 0 Å². The number of sulfone groups is 1. The zero-order valence-electron chi connectivity index (χ0n) is 7.49. The second kappa shape index (κ2) is 3.29. The molecule has 2 aliphatic heterocycles. The SMILES string of the molecule is O=S1(=O)CCC(NC2=NCCC2)C1. The number of hydrogen-bond donors (Lipinski definition) is 1. The van der Waals surface area contributed by atoms with Gasteiger partial charge >= 0.3 is 0 Å². The molecular formula is C8H14N2O2S. The van der Waals surface area contributed by atoms with Crippen LogP contribution in [0.5, 0.6) is 0 Å². The van der Waals surface area contributed by atoms with Gasteiger partial charge in [0.05, 0.1) is 17.3 Å². The van der Waals surface area contributed by atoms with Gasteiger partial charge < -0.3 is 5.32 Å². The molecule has 1 atom stereocenters. The fraction of sp³-hybridized carbons (Fsp3) is 0.875. The maximum Gasteiger partial charge on any atom is 0.152 e. The summed E-state index contributed by atoms with van der Waals surface area (Å²) in [6, 6.07) is 0.113. The Morgan fingerprint density at radius 1 is 1.46 bits per heavy atom. The standard InChI is InChI=1S/C8H14N2O2S/c11-13(12)5-3-7(6-13)10-8-2-1-4-9-8/h7H,1-6H2,(H,9,10). The second-order valence-corrected chi connectivity index (χ2v) is 5.90. The van der Waals surface area contributed by atoms with Crippen LogP contribution in [0.15, 0.2) is 4.99 Å². The van der Waals surface area contributed by atoms with Crippen LogP contribution in [0.25, 0.3) is 0 Å². The second-order valence-electron chi connectivity index (χ2n) is 3.68. The summed E-state index contributed by atoms with van der Waals surface area (Å²) in [5.74, 6) is 1.62. The largest absolute Gasteiger partial charge is 0.370 e.